The minimum absolute atomic E-state index is 0.0989. The van der Waals surface area contributed by atoms with E-state index in [0.29, 0.717) is 24.6 Å². The van der Waals surface area contributed by atoms with Crippen LogP contribution in [0.1, 0.15) is 17.2 Å². The van der Waals surface area contributed by atoms with Crippen LogP contribution in [-0.2, 0) is 6.18 Å². The molecule has 1 aliphatic rings. The molecule has 5 nitrogen and oxygen atoms in total. The Labute approximate surface area is 172 Å². The Morgan fingerprint density at radius 1 is 1.03 bits per heavy atom. The molecule has 1 N–H and O–H groups in total. The van der Waals surface area contributed by atoms with E-state index >= 15 is 0 Å². The fourth-order valence-electron chi connectivity index (χ4n) is 3.81. The van der Waals surface area contributed by atoms with Crippen LogP contribution in [0, 0.1) is 0 Å². The molecule has 1 atom stereocenters. The van der Waals surface area contributed by atoms with Gasteiger partial charge in [0.25, 0.3) is 0 Å². The van der Waals surface area contributed by atoms with Crippen molar-refractivity contribution in [2.24, 2.45) is 0 Å². The minimum Gasteiger partial charge on any atom is -0.493 e. The van der Waals surface area contributed by atoms with E-state index in [9.17, 15) is 13.2 Å². The molecule has 2 heterocycles. The van der Waals surface area contributed by atoms with Crippen LogP contribution in [0.2, 0.25) is 0 Å². The summed E-state index contributed by atoms with van der Waals surface area (Å²) in [5, 5.41) is 5.29. The topological polar surface area (TPSA) is 46.6 Å². The molecule has 1 fully saturated rings. The Morgan fingerprint density at radius 2 is 1.73 bits per heavy atom. The van der Waals surface area contributed by atoms with Gasteiger partial charge in [-0.3, -0.25) is 0 Å². The van der Waals surface area contributed by atoms with Crippen LogP contribution < -0.4 is 19.7 Å². The highest BCUT2D eigenvalue weighted by atomic mass is 19.4. The largest absolute Gasteiger partial charge is 0.493 e. The third-order valence-electron chi connectivity index (χ3n) is 5.36. The first-order chi connectivity index (χ1) is 14.4. The van der Waals surface area contributed by atoms with Gasteiger partial charge >= 0.3 is 6.18 Å². The van der Waals surface area contributed by atoms with E-state index in [1.165, 1.54) is 12.1 Å². The van der Waals surface area contributed by atoms with Crippen molar-refractivity contribution in [2.45, 2.75) is 12.2 Å². The summed E-state index contributed by atoms with van der Waals surface area (Å²) in [6.45, 7) is 2.01. The molecule has 1 unspecified atom stereocenters. The molecule has 1 aromatic heterocycles. The van der Waals surface area contributed by atoms with Crippen molar-refractivity contribution in [1.29, 1.82) is 0 Å². The van der Waals surface area contributed by atoms with Crippen LogP contribution in [0.4, 0.5) is 19.0 Å². The van der Waals surface area contributed by atoms with Gasteiger partial charge in [-0.2, -0.15) is 13.2 Å². The molecule has 0 spiro atoms. The molecule has 30 heavy (non-hydrogen) atoms. The van der Waals surface area contributed by atoms with Gasteiger partial charge in [-0.15, -0.1) is 0 Å². The predicted octanol–water partition coefficient (Wildman–Crippen LogP) is 4.42. The summed E-state index contributed by atoms with van der Waals surface area (Å²) in [5.74, 6) is 2.07. The van der Waals surface area contributed by atoms with Crippen LogP contribution in [-0.4, -0.2) is 38.8 Å². The minimum atomic E-state index is -4.34. The lowest BCUT2D eigenvalue weighted by Crippen LogP contribution is -2.46. The van der Waals surface area contributed by atoms with Crippen LogP contribution in [0.5, 0.6) is 11.5 Å². The Balaban J connectivity index is 1.64. The van der Waals surface area contributed by atoms with E-state index in [4.69, 9.17) is 9.47 Å². The van der Waals surface area contributed by atoms with E-state index in [1.54, 1.807) is 20.4 Å². The highest BCUT2D eigenvalue weighted by Gasteiger charge is 2.31. The number of benzene rings is 2. The molecule has 1 saturated heterocycles. The molecule has 0 aliphatic carbocycles. The second kappa shape index (κ2) is 8.02. The zero-order chi connectivity index (χ0) is 21.3. The molecule has 158 valence electrons. The molecule has 4 rings (SSSR count). The monoisotopic (exact) mass is 417 g/mol. The summed E-state index contributed by atoms with van der Waals surface area (Å²) in [6, 6.07) is 11.0. The summed E-state index contributed by atoms with van der Waals surface area (Å²) in [5.41, 5.74) is 0.169. The number of alkyl halides is 3. The number of aromatic nitrogens is 1. The second-order valence-electron chi connectivity index (χ2n) is 7.14. The summed E-state index contributed by atoms with van der Waals surface area (Å²) in [6.07, 6.45) is -2.59. The third kappa shape index (κ3) is 3.87. The lowest BCUT2D eigenvalue weighted by atomic mass is 10.0. The summed E-state index contributed by atoms with van der Waals surface area (Å²) in [4.78, 5) is 6.73. The van der Waals surface area contributed by atoms with Gasteiger partial charge in [0, 0.05) is 37.3 Å². The highest BCUT2D eigenvalue weighted by Crippen LogP contribution is 2.36. The number of rotatable bonds is 4. The number of methoxy groups -OCH3 is 2. The van der Waals surface area contributed by atoms with Crippen molar-refractivity contribution < 1.29 is 22.6 Å². The van der Waals surface area contributed by atoms with Crippen LogP contribution in [0.3, 0.4) is 0 Å². The van der Waals surface area contributed by atoms with Gasteiger partial charge in [-0.1, -0.05) is 12.1 Å². The second-order valence-corrected chi connectivity index (χ2v) is 7.14. The number of hydrogen-bond donors (Lipinski definition) is 1. The zero-order valence-electron chi connectivity index (χ0n) is 16.7. The maximum atomic E-state index is 12.9. The first kappa shape index (κ1) is 20.3. The first-order valence-electron chi connectivity index (χ1n) is 9.57. The number of ether oxygens (including phenoxy) is 2. The number of nitrogens with one attached hydrogen (secondary N) is 1. The first-order valence-corrected chi connectivity index (χ1v) is 9.57. The summed E-state index contributed by atoms with van der Waals surface area (Å²) in [7, 11) is 3.18. The Bertz CT molecular complexity index is 1040. The van der Waals surface area contributed by atoms with E-state index < -0.39 is 11.7 Å². The molecule has 8 heteroatoms. The predicted molar refractivity (Wildman–Crippen MR) is 109 cm³/mol. The lowest BCUT2D eigenvalue weighted by molar-refractivity contribution is -0.137. The summed E-state index contributed by atoms with van der Waals surface area (Å²) < 4.78 is 49.4. The number of fused-ring (bicyclic) bond motifs is 1. The Morgan fingerprint density at radius 3 is 2.40 bits per heavy atom. The maximum absolute atomic E-state index is 12.9. The standard InChI is InChI=1S/C22H22F3N3O2/c1-29-19-11-15-7-8-27-21(17(15)12-20(19)30-2)28-10-9-26-18(13-28)14-3-5-16(6-4-14)22(23,24)25/h3-8,11-12,18,26H,9-10,13H2,1-2H3. The van der Waals surface area contributed by atoms with E-state index in [-0.39, 0.29) is 6.04 Å². The summed E-state index contributed by atoms with van der Waals surface area (Å²) >= 11 is 0. The molecule has 0 bridgehead atoms. The average molecular weight is 417 g/mol. The zero-order valence-corrected chi connectivity index (χ0v) is 16.7. The molecule has 1 aliphatic heterocycles. The molecular weight excluding hydrogens is 395 g/mol. The van der Waals surface area contributed by atoms with Crippen LogP contribution >= 0.6 is 0 Å². The van der Waals surface area contributed by atoms with Crippen molar-refractivity contribution in [2.75, 3.05) is 38.8 Å². The van der Waals surface area contributed by atoms with Gasteiger partial charge < -0.3 is 19.7 Å². The van der Waals surface area contributed by atoms with E-state index in [0.717, 1.165) is 40.8 Å². The third-order valence-corrected chi connectivity index (χ3v) is 5.36. The molecule has 0 radical (unpaired) electrons. The van der Waals surface area contributed by atoms with Crippen LogP contribution in [0.25, 0.3) is 10.8 Å². The number of piperazine rings is 1. The molecule has 0 amide bonds. The van der Waals surface area contributed by atoms with Crippen molar-refractivity contribution in [3.63, 3.8) is 0 Å². The van der Waals surface area contributed by atoms with Crippen molar-refractivity contribution >= 4 is 16.6 Å². The highest BCUT2D eigenvalue weighted by molar-refractivity contribution is 5.94. The van der Waals surface area contributed by atoms with Gasteiger partial charge in [0.15, 0.2) is 11.5 Å². The molecule has 2 aromatic carbocycles. The number of halogens is 3. The van der Waals surface area contributed by atoms with E-state index in [1.807, 2.05) is 18.2 Å². The van der Waals surface area contributed by atoms with E-state index in [2.05, 4.69) is 15.2 Å². The van der Waals surface area contributed by atoms with Gasteiger partial charge in [0.05, 0.1) is 19.8 Å². The van der Waals surface area contributed by atoms with Crippen molar-refractivity contribution in [3.05, 3.63) is 59.8 Å². The smallest absolute Gasteiger partial charge is 0.416 e. The van der Waals surface area contributed by atoms with Gasteiger partial charge in [0.2, 0.25) is 0 Å². The van der Waals surface area contributed by atoms with Gasteiger partial charge in [-0.05, 0) is 41.3 Å². The Kier molecular flexibility index (Phi) is 5.42. The SMILES string of the molecule is COc1cc2ccnc(N3CCNC(c4ccc(C(F)(F)F)cc4)C3)c2cc1OC. The fraction of sp³-hybridized carbons (Fsp3) is 0.318. The fourth-order valence-corrected chi connectivity index (χ4v) is 3.81. The van der Waals surface area contributed by atoms with Crippen molar-refractivity contribution in [3.8, 4) is 11.5 Å². The van der Waals surface area contributed by atoms with Gasteiger partial charge in [-0.25, -0.2) is 4.98 Å². The maximum Gasteiger partial charge on any atom is 0.416 e. The average Bonchev–Trinajstić information content (AvgIpc) is 2.77. The number of anilines is 1. The molecule has 0 saturated carbocycles. The molecule has 3 aromatic rings. The Hall–Kier alpha value is -3.00. The number of nitrogens with zero attached hydrogens (tertiary/aromatic N) is 2. The lowest BCUT2D eigenvalue weighted by Gasteiger charge is -2.35. The quantitative estimate of drug-likeness (QED) is 0.681. The normalized spacial score (nSPS) is 17.2. The number of pyridine rings is 1. The van der Waals surface area contributed by atoms with Gasteiger partial charge in [0.1, 0.15) is 5.82 Å². The molecular formula is C22H22F3N3O2. The number of hydrogen-bond acceptors (Lipinski definition) is 5. The van der Waals surface area contributed by atoms with Crippen LogP contribution in [0.15, 0.2) is 48.7 Å². The van der Waals surface area contributed by atoms with Crippen molar-refractivity contribution in [1.82, 2.24) is 10.3 Å².